The first-order valence-electron chi connectivity index (χ1n) is 9.44. The van der Waals surface area contributed by atoms with Gasteiger partial charge in [-0.15, -0.1) is 0 Å². The first-order chi connectivity index (χ1) is 14.3. The molecule has 4 aromatic rings. The van der Waals surface area contributed by atoms with Crippen molar-refractivity contribution in [2.75, 3.05) is 5.32 Å². The number of anilines is 1. The van der Waals surface area contributed by atoms with Crippen LogP contribution in [0.5, 0.6) is 5.75 Å². The number of nitrogens with one attached hydrogen (secondary N) is 1. The van der Waals surface area contributed by atoms with Crippen molar-refractivity contribution in [3.63, 3.8) is 0 Å². The Hall–Kier alpha value is -3.92. The molecule has 0 radical (unpaired) electrons. The van der Waals surface area contributed by atoms with Gasteiger partial charge in [-0.1, -0.05) is 60.7 Å². The van der Waals surface area contributed by atoms with Crippen molar-refractivity contribution in [1.29, 1.82) is 0 Å². The van der Waals surface area contributed by atoms with E-state index in [-0.39, 0.29) is 0 Å². The van der Waals surface area contributed by atoms with Gasteiger partial charge >= 0.3 is 0 Å². The summed E-state index contributed by atoms with van der Waals surface area (Å²) < 4.78 is 0. The number of rotatable bonds is 6. The molecule has 0 aliphatic rings. The van der Waals surface area contributed by atoms with E-state index >= 15 is 0 Å². The predicted molar refractivity (Wildman–Crippen MR) is 119 cm³/mol. The van der Waals surface area contributed by atoms with Gasteiger partial charge in [0.25, 0.3) is 0 Å². The van der Waals surface area contributed by atoms with Crippen LogP contribution < -0.4 is 5.32 Å². The molecule has 142 valence electrons. The summed E-state index contributed by atoms with van der Waals surface area (Å²) in [6, 6.07) is 27.4. The van der Waals surface area contributed by atoms with Crippen LogP contribution in [0.25, 0.3) is 11.1 Å². The maximum absolute atomic E-state index is 10.0. The van der Waals surface area contributed by atoms with Gasteiger partial charge in [0, 0.05) is 53.1 Å². The Kier molecular flexibility index (Phi) is 5.63. The molecule has 0 fully saturated rings. The van der Waals surface area contributed by atoms with Gasteiger partial charge in [0.2, 0.25) is 0 Å². The lowest BCUT2D eigenvalue weighted by atomic mass is 10.0. The number of aromatic nitrogens is 1. The third kappa shape index (κ3) is 4.50. The zero-order valence-corrected chi connectivity index (χ0v) is 15.9. The second-order valence-corrected chi connectivity index (χ2v) is 6.59. The molecule has 29 heavy (non-hydrogen) atoms. The monoisotopic (exact) mass is 379 g/mol. The number of aliphatic imine (C=N–C) groups is 1. The predicted octanol–water partition coefficient (Wildman–Crippen LogP) is 5.82. The molecule has 0 saturated carbocycles. The number of hydrogen-bond donors (Lipinski definition) is 2. The highest BCUT2D eigenvalue weighted by atomic mass is 16.3. The fourth-order valence-electron chi connectivity index (χ4n) is 3.13. The Labute approximate surface area is 170 Å². The highest BCUT2D eigenvalue weighted by Crippen LogP contribution is 2.35. The molecular formula is C25H21N3O. The van der Waals surface area contributed by atoms with E-state index in [2.05, 4.69) is 22.4 Å². The molecule has 0 unspecified atom stereocenters. The summed E-state index contributed by atoms with van der Waals surface area (Å²) in [4.78, 5) is 8.82. The SMILES string of the molecule is Oc1ccccc1CNc1ccccc1-c1ccccc1N=Cc1cccnc1. The van der Waals surface area contributed by atoms with Crippen LogP contribution in [0.3, 0.4) is 0 Å². The highest BCUT2D eigenvalue weighted by Gasteiger charge is 2.09. The van der Waals surface area contributed by atoms with Crippen LogP contribution in [0.1, 0.15) is 11.1 Å². The van der Waals surface area contributed by atoms with Crippen LogP contribution in [-0.2, 0) is 6.54 Å². The topological polar surface area (TPSA) is 57.5 Å². The van der Waals surface area contributed by atoms with E-state index in [0.29, 0.717) is 12.3 Å². The van der Waals surface area contributed by atoms with Gasteiger partial charge < -0.3 is 10.4 Å². The number of phenolic OH excluding ortho intramolecular Hbond substituents is 1. The van der Waals surface area contributed by atoms with Gasteiger partial charge in [-0.3, -0.25) is 9.98 Å². The van der Waals surface area contributed by atoms with Gasteiger partial charge in [0.1, 0.15) is 5.75 Å². The number of para-hydroxylation sites is 3. The van der Waals surface area contributed by atoms with Gasteiger partial charge in [-0.25, -0.2) is 0 Å². The number of pyridine rings is 1. The molecule has 0 spiro atoms. The van der Waals surface area contributed by atoms with Crippen LogP contribution in [0.2, 0.25) is 0 Å². The number of nitrogens with zero attached hydrogens (tertiary/aromatic N) is 2. The molecule has 0 aliphatic carbocycles. The second kappa shape index (κ2) is 8.85. The Morgan fingerprint density at radius 1 is 0.828 bits per heavy atom. The molecule has 4 heteroatoms. The van der Waals surface area contributed by atoms with Crippen LogP contribution in [0.4, 0.5) is 11.4 Å². The minimum absolute atomic E-state index is 0.291. The van der Waals surface area contributed by atoms with Crippen molar-refractivity contribution in [2.24, 2.45) is 4.99 Å². The van der Waals surface area contributed by atoms with E-state index in [1.165, 1.54) is 0 Å². The van der Waals surface area contributed by atoms with E-state index in [1.807, 2.05) is 72.9 Å². The van der Waals surface area contributed by atoms with Crippen molar-refractivity contribution in [2.45, 2.75) is 6.54 Å². The lowest BCUT2D eigenvalue weighted by molar-refractivity contribution is 0.469. The van der Waals surface area contributed by atoms with Gasteiger partial charge in [-0.2, -0.15) is 0 Å². The van der Waals surface area contributed by atoms with E-state index in [4.69, 9.17) is 4.99 Å². The lowest BCUT2D eigenvalue weighted by Gasteiger charge is -2.14. The summed E-state index contributed by atoms with van der Waals surface area (Å²) in [5.41, 5.74) is 5.77. The van der Waals surface area contributed by atoms with Crippen molar-refractivity contribution >= 4 is 17.6 Å². The molecule has 4 rings (SSSR count). The summed E-state index contributed by atoms with van der Waals surface area (Å²) in [6.45, 7) is 0.533. The molecule has 0 aliphatic heterocycles. The van der Waals surface area contributed by atoms with Crippen LogP contribution >= 0.6 is 0 Å². The summed E-state index contributed by atoms with van der Waals surface area (Å²) in [6.07, 6.45) is 5.36. The van der Waals surface area contributed by atoms with Crippen molar-refractivity contribution in [1.82, 2.24) is 4.98 Å². The van der Waals surface area contributed by atoms with E-state index in [9.17, 15) is 5.11 Å². The van der Waals surface area contributed by atoms with Gasteiger partial charge in [0.05, 0.1) is 5.69 Å². The Balaban J connectivity index is 1.64. The Morgan fingerprint density at radius 2 is 1.59 bits per heavy atom. The maximum Gasteiger partial charge on any atom is 0.120 e. The molecule has 1 aromatic heterocycles. The molecular weight excluding hydrogens is 358 g/mol. The van der Waals surface area contributed by atoms with Crippen molar-refractivity contribution < 1.29 is 5.11 Å². The molecule has 0 atom stereocenters. The fraction of sp³-hybridized carbons (Fsp3) is 0.0400. The van der Waals surface area contributed by atoms with Crippen molar-refractivity contribution in [3.05, 3.63) is 108 Å². The van der Waals surface area contributed by atoms with Crippen LogP contribution in [0, 0.1) is 0 Å². The molecule has 0 bridgehead atoms. The zero-order valence-electron chi connectivity index (χ0n) is 15.9. The average Bonchev–Trinajstić information content (AvgIpc) is 2.78. The number of benzene rings is 3. The highest BCUT2D eigenvalue weighted by molar-refractivity contribution is 5.89. The smallest absolute Gasteiger partial charge is 0.120 e. The quantitative estimate of drug-likeness (QED) is 0.415. The molecule has 3 aromatic carbocycles. The minimum Gasteiger partial charge on any atom is -0.508 e. The fourth-order valence-corrected chi connectivity index (χ4v) is 3.13. The average molecular weight is 379 g/mol. The third-order valence-electron chi connectivity index (χ3n) is 4.62. The zero-order chi connectivity index (χ0) is 19.9. The second-order valence-electron chi connectivity index (χ2n) is 6.59. The lowest BCUT2D eigenvalue weighted by Crippen LogP contribution is -2.01. The molecule has 2 N–H and O–H groups in total. The summed E-state index contributed by atoms with van der Waals surface area (Å²) in [5, 5.41) is 13.5. The third-order valence-corrected chi connectivity index (χ3v) is 4.62. The Bertz CT molecular complexity index is 1120. The van der Waals surface area contributed by atoms with Gasteiger partial charge in [-0.05, 0) is 24.3 Å². The number of aromatic hydroxyl groups is 1. The molecule has 0 amide bonds. The summed E-state index contributed by atoms with van der Waals surface area (Å²) in [5.74, 6) is 0.291. The van der Waals surface area contributed by atoms with E-state index in [1.54, 1.807) is 18.5 Å². The first-order valence-corrected chi connectivity index (χ1v) is 9.44. The van der Waals surface area contributed by atoms with E-state index < -0.39 is 0 Å². The van der Waals surface area contributed by atoms with Crippen LogP contribution in [0.15, 0.2) is 102 Å². The molecule has 0 saturated heterocycles. The largest absolute Gasteiger partial charge is 0.508 e. The minimum atomic E-state index is 0.291. The van der Waals surface area contributed by atoms with Crippen LogP contribution in [-0.4, -0.2) is 16.3 Å². The van der Waals surface area contributed by atoms with Crippen molar-refractivity contribution in [3.8, 4) is 16.9 Å². The first kappa shape index (κ1) is 18.4. The normalized spacial score (nSPS) is 10.9. The summed E-state index contributed by atoms with van der Waals surface area (Å²) >= 11 is 0. The van der Waals surface area contributed by atoms with Gasteiger partial charge in [0.15, 0.2) is 0 Å². The van der Waals surface area contributed by atoms with E-state index in [0.717, 1.165) is 33.6 Å². The maximum atomic E-state index is 10.0. The molecule has 1 heterocycles. The molecule has 4 nitrogen and oxygen atoms in total. The standard InChI is InChI=1S/C25H21N3O/c29-25-14-6-1-9-20(25)18-28-24-13-5-3-11-22(24)21-10-2-4-12-23(21)27-17-19-8-7-15-26-16-19/h1-17,28-29H,18H2. The number of hydrogen-bond acceptors (Lipinski definition) is 4. The summed E-state index contributed by atoms with van der Waals surface area (Å²) in [7, 11) is 0. The Morgan fingerprint density at radius 3 is 2.41 bits per heavy atom. The number of phenols is 1.